The topological polar surface area (TPSA) is 82.8 Å². The molecule has 0 aliphatic carbocycles. The van der Waals surface area contributed by atoms with Crippen LogP contribution in [0.25, 0.3) is 11.5 Å². The van der Waals surface area contributed by atoms with E-state index in [2.05, 4.69) is 15.2 Å². The fourth-order valence-electron chi connectivity index (χ4n) is 1.65. The predicted molar refractivity (Wildman–Crippen MR) is 63.1 cm³/mol. The van der Waals surface area contributed by atoms with Gasteiger partial charge in [0.2, 0.25) is 0 Å². The van der Waals surface area contributed by atoms with Crippen LogP contribution < -0.4 is 5.73 Å². The molecule has 0 amide bonds. The predicted octanol–water partition coefficient (Wildman–Crippen LogP) is 1.44. The summed E-state index contributed by atoms with van der Waals surface area (Å²) < 4.78 is 6.98. The van der Waals surface area contributed by atoms with Gasteiger partial charge in [0.05, 0.1) is 17.3 Å². The highest BCUT2D eigenvalue weighted by Crippen LogP contribution is 2.22. The van der Waals surface area contributed by atoms with Crippen molar-refractivity contribution in [2.75, 3.05) is 0 Å². The van der Waals surface area contributed by atoms with Gasteiger partial charge in [0, 0.05) is 13.2 Å². The zero-order chi connectivity index (χ0) is 12.4. The van der Waals surface area contributed by atoms with E-state index >= 15 is 0 Å². The number of rotatable bonds is 4. The molecule has 2 aromatic heterocycles. The molecule has 0 bridgehead atoms. The molecule has 6 heteroatoms. The van der Waals surface area contributed by atoms with Crippen LogP contribution in [-0.4, -0.2) is 19.9 Å². The molecule has 17 heavy (non-hydrogen) atoms. The SMILES string of the molecule is CCc1nn(C)cc1-c1nc(C(N)CC)no1. The number of nitrogens with zero attached hydrogens (tertiary/aromatic N) is 4. The summed E-state index contributed by atoms with van der Waals surface area (Å²) in [5.41, 5.74) is 7.69. The summed E-state index contributed by atoms with van der Waals surface area (Å²) in [7, 11) is 1.87. The molecule has 0 radical (unpaired) electrons. The highest BCUT2D eigenvalue weighted by atomic mass is 16.5. The minimum absolute atomic E-state index is 0.172. The fraction of sp³-hybridized carbons (Fsp3) is 0.545. The zero-order valence-corrected chi connectivity index (χ0v) is 10.3. The third-order valence-corrected chi connectivity index (χ3v) is 2.68. The lowest BCUT2D eigenvalue weighted by Crippen LogP contribution is -2.10. The monoisotopic (exact) mass is 235 g/mol. The van der Waals surface area contributed by atoms with Crippen molar-refractivity contribution in [3.63, 3.8) is 0 Å². The molecule has 2 aromatic rings. The van der Waals surface area contributed by atoms with Crippen molar-refractivity contribution in [2.24, 2.45) is 12.8 Å². The Hall–Kier alpha value is -1.69. The van der Waals surface area contributed by atoms with Crippen LogP contribution in [0.2, 0.25) is 0 Å². The van der Waals surface area contributed by atoms with Crippen molar-refractivity contribution in [2.45, 2.75) is 32.7 Å². The first-order valence-electron chi connectivity index (χ1n) is 5.77. The number of hydrogen-bond donors (Lipinski definition) is 1. The van der Waals surface area contributed by atoms with Gasteiger partial charge in [-0.3, -0.25) is 4.68 Å². The third kappa shape index (κ3) is 2.21. The molecule has 0 saturated heterocycles. The van der Waals surface area contributed by atoms with Crippen LogP contribution in [0.1, 0.15) is 37.8 Å². The average molecular weight is 235 g/mol. The van der Waals surface area contributed by atoms with E-state index in [0.717, 1.165) is 24.1 Å². The minimum Gasteiger partial charge on any atom is -0.334 e. The number of aromatic nitrogens is 4. The van der Waals surface area contributed by atoms with Crippen molar-refractivity contribution in [1.82, 2.24) is 19.9 Å². The molecule has 2 rings (SSSR count). The molecular weight excluding hydrogens is 218 g/mol. The molecule has 0 spiro atoms. The number of nitrogens with two attached hydrogens (primary N) is 1. The van der Waals surface area contributed by atoms with Gasteiger partial charge in [0.15, 0.2) is 5.82 Å². The van der Waals surface area contributed by atoms with Crippen LogP contribution in [0.15, 0.2) is 10.7 Å². The van der Waals surface area contributed by atoms with Gasteiger partial charge in [-0.15, -0.1) is 0 Å². The van der Waals surface area contributed by atoms with E-state index in [9.17, 15) is 0 Å². The average Bonchev–Trinajstić information content (AvgIpc) is 2.93. The summed E-state index contributed by atoms with van der Waals surface area (Å²) in [5, 5.41) is 8.24. The summed E-state index contributed by atoms with van der Waals surface area (Å²) in [5.74, 6) is 1.04. The maximum Gasteiger partial charge on any atom is 0.261 e. The lowest BCUT2D eigenvalue weighted by molar-refractivity contribution is 0.414. The van der Waals surface area contributed by atoms with E-state index in [1.54, 1.807) is 4.68 Å². The Morgan fingerprint density at radius 3 is 2.88 bits per heavy atom. The van der Waals surface area contributed by atoms with Crippen molar-refractivity contribution in [3.05, 3.63) is 17.7 Å². The molecule has 0 aromatic carbocycles. The maximum atomic E-state index is 5.86. The molecule has 2 heterocycles. The molecule has 6 nitrogen and oxygen atoms in total. The van der Waals surface area contributed by atoms with E-state index in [1.165, 1.54) is 0 Å². The van der Waals surface area contributed by atoms with Gasteiger partial charge in [-0.2, -0.15) is 10.1 Å². The lowest BCUT2D eigenvalue weighted by Gasteiger charge is -1.99. The van der Waals surface area contributed by atoms with Crippen molar-refractivity contribution in [1.29, 1.82) is 0 Å². The Kier molecular flexibility index (Phi) is 3.23. The summed E-state index contributed by atoms with van der Waals surface area (Å²) in [6.45, 7) is 4.03. The number of hydrogen-bond acceptors (Lipinski definition) is 5. The lowest BCUT2D eigenvalue weighted by atomic mass is 10.2. The highest BCUT2D eigenvalue weighted by molar-refractivity contribution is 5.55. The molecule has 92 valence electrons. The van der Waals surface area contributed by atoms with E-state index in [1.807, 2.05) is 27.1 Å². The molecule has 0 fully saturated rings. The molecule has 1 unspecified atom stereocenters. The van der Waals surface area contributed by atoms with Crippen molar-refractivity contribution in [3.8, 4) is 11.5 Å². The van der Waals surface area contributed by atoms with Gasteiger partial charge in [-0.25, -0.2) is 0 Å². The Balaban J connectivity index is 2.36. The third-order valence-electron chi connectivity index (χ3n) is 2.68. The van der Waals surface area contributed by atoms with Crippen LogP contribution >= 0.6 is 0 Å². The Morgan fingerprint density at radius 2 is 2.24 bits per heavy atom. The van der Waals surface area contributed by atoms with Gasteiger partial charge >= 0.3 is 0 Å². The zero-order valence-electron chi connectivity index (χ0n) is 10.3. The molecular formula is C11H17N5O. The summed E-state index contributed by atoms with van der Waals surface area (Å²) in [4.78, 5) is 4.32. The van der Waals surface area contributed by atoms with E-state index in [4.69, 9.17) is 10.3 Å². The fourth-order valence-corrected chi connectivity index (χ4v) is 1.65. The van der Waals surface area contributed by atoms with Gasteiger partial charge in [0.1, 0.15) is 0 Å². The quantitative estimate of drug-likeness (QED) is 0.867. The smallest absolute Gasteiger partial charge is 0.261 e. The first kappa shape index (κ1) is 11.8. The minimum atomic E-state index is -0.172. The second kappa shape index (κ2) is 4.67. The highest BCUT2D eigenvalue weighted by Gasteiger charge is 2.17. The van der Waals surface area contributed by atoms with Crippen LogP contribution in [0.4, 0.5) is 0 Å². The Bertz CT molecular complexity index is 502. The molecule has 0 saturated carbocycles. The van der Waals surface area contributed by atoms with E-state index < -0.39 is 0 Å². The first-order valence-corrected chi connectivity index (χ1v) is 5.77. The second-order valence-electron chi connectivity index (χ2n) is 3.99. The van der Waals surface area contributed by atoms with Crippen LogP contribution in [0.3, 0.4) is 0 Å². The molecule has 0 aliphatic heterocycles. The van der Waals surface area contributed by atoms with Gasteiger partial charge in [0.25, 0.3) is 5.89 Å². The molecule has 1 atom stereocenters. The summed E-state index contributed by atoms with van der Waals surface area (Å²) in [6.07, 6.45) is 3.49. The second-order valence-corrected chi connectivity index (χ2v) is 3.99. The van der Waals surface area contributed by atoms with E-state index in [-0.39, 0.29) is 6.04 Å². The molecule has 2 N–H and O–H groups in total. The van der Waals surface area contributed by atoms with Crippen LogP contribution in [0, 0.1) is 0 Å². The number of aryl methyl sites for hydroxylation is 2. The molecule has 0 aliphatic rings. The van der Waals surface area contributed by atoms with Gasteiger partial charge in [-0.1, -0.05) is 19.0 Å². The summed E-state index contributed by atoms with van der Waals surface area (Å²) in [6, 6.07) is -0.172. The van der Waals surface area contributed by atoms with E-state index in [0.29, 0.717) is 11.7 Å². The largest absolute Gasteiger partial charge is 0.334 e. The Morgan fingerprint density at radius 1 is 1.47 bits per heavy atom. The van der Waals surface area contributed by atoms with Crippen LogP contribution in [-0.2, 0) is 13.5 Å². The van der Waals surface area contributed by atoms with Gasteiger partial charge < -0.3 is 10.3 Å². The van der Waals surface area contributed by atoms with Crippen molar-refractivity contribution >= 4 is 0 Å². The normalized spacial score (nSPS) is 12.9. The van der Waals surface area contributed by atoms with Crippen LogP contribution in [0.5, 0.6) is 0 Å². The summed E-state index contributed by atoms with van der Waals surface area (Å²) >= 11 is 0. The first-order chi connectivity index (χ1) is 8.15. The van der Waals surface area contributed by atoms with Gasteiger partial charge in [-0.05, 0) is 12.8 Å². The Labute approximate surface area is 99.8 Å². The maximum absolute atomic E-state index is 5.86. The standard InChI is InChI=1S/C11H17N5O/c1-4-8(12)10-13-11(17-15-10)7-6-16(3)14-9(7)5-2/h6,8H,4-5,12H2,1-3H3. The van der Waals surface area contributed by atoms with Crippen molar-refractivity contribution < 1.29 is 4.52 Å².